The molecule has 1 saturated heterocycles. The Kier molecular flexibility index (Phi) is 4.28. The van der Waals surface area contributed by atoms with Crippen molar-refractivity contribution in [3.63, 3.8) is 0 Å². The van der Waals surface area contributed by atoms with Gasteiger partial charge in [0, 0.05) is 52.4 Å². The Balaban J connectivity index is 1.22. The molecule has 0 bridgehead atoms. The second kappa shape index (κ2) is 6.95. The largest absolute Gasteiger partial charge is 0.454 e. The molecular weight excluding hydrogens is 378 g/mol. The number of piperidine rings is 1. The van der Waals surface area contributed by atoms with E-state index in [1.165, 1.54) is 5.69 Å². The normalized spacial score (nSPS) is 16.5. The zero-order valence-corrected chi connectivity index (χ0v) is 16.0. The van der Waals surface area contributed by atoms with Crippen molar-refractivity contribution in [3.8, 4) is 11.5 Å². The molecule has 2 amide bonds. The molecule has 2 aromatic carbocycles. The number of halogens is 1. The number of aromatic nitrogens is 1. The fraction of sp³-hybridized carbons (Fsp3) is 0.286. The molecule has 0 saturated carbocycles. The molecule has 0 aliphatic carbocycles. The SMILES string of the molecule is O=C(Nc1ccc2c(c1)OCO2)N1CCC(c2cc3cc(Cl)ccc3[nH]2)CC1. The number of urea groups is 1. The van der Waals surface area contributed by atoms with Gasteiger partial charge in [0.1, 0.15) is 0 Å². The second-order valence-corrected chi connectivity index (χ2v) is 7.65. The van der Waals surface area contributed by atoms with E-state index in [4.69, 9.17) is 21.1 Å². The average molecular weight is 398 g/mol. The van der Waals surface area contributed by atoms with Gasteiger partial charge in [-0.05, 0) is 49.2 Å². The third-order valence-electron chi connectivity index (χ3n) is 5.45. The van der Waals surface area contributed by atoms with Gasteiger partial charge in [-0.25, -0.2) is 4.79 Å². The van der Waals surface area contributed by atoms with Gasteiger partial charge in [-0.2, -0.15) is 0 Å². The van der Waals surface area contributed by atoms with Crippen molar-refractivity contribution in [3.05, 3.63) is 53.2 Å². The van der Waals surface area contributed by atoms with Crippen LogP contribution in [0.3, 0.4) is 0 Å². The van der Waals surface area contributed by atoms with Gasteiger partial charge >= 0.3 is 6.03 Å². The van der Waals surface area contributed by atoms with E-state index < -0.39 is 0 Å². The molecule has 6 nitrogen and oxygen atoms in total. The second-order valence-electron chi connectivity index (χ2n) is 7.22. The van der Waals surface area contributed by atoms with E-state index >= 15 is 0 Å². The molecule has 0 radical (unpaired) electrons. The number of nitrogens with one attached hydrogen (secondary N) is 2. The molecule has 3 heterocycles. The predicted octanol–water partition coefficient (Wildman–Crippen LogP) is 4.96. The first-order valence-corrected chi connectivity index (χ1v) is 9.77. The van der Waals surface area contributed by atoms with Gasteiger partial charge < -0.3 is 24.7 Å². The number of rotatable bonds is 2. The lowest BCUT2D eigenvalue weighted by Gasteiger charge is -2.31. The number of likely N-dealkylation sites (tertiary alicyclic amines) is 1. The summed E-state index contributed by atoms with van der Waals surface area (Å²) in [6, 6.07) is 13.4. The highest BCUT2D eigenvalue weighted by Crippen LogP contribution is 2.35. The summed E-state index contributed by atoms with van der Waals surface area (Å²) in [7, 11) is 0. The summed E-state index contributed by atoms with van der Waals surface area (Å²) in [6.45, 7) is 1.66. The highest BCUT2D eigenvalue weighted by Gasteiger charge is 2.25. The fourth-order valence-corrected chi connectivity index (χ4v) is 4.10. The Hall–Kier alpha value is -2.86. The number of ether oxygens (including phenoxy) is 2. The molecule has 2 aliphatic rings. The van der Waals surface area contributed by atoms with Crippen molar-refractivity contribution in [1.82, 2.24) is 9.88 Å². The molecule has 28 heavy (non-hydrogen) atoms. The zero-order valence-electron chi connectivity index (χ0n) is 15.2. The lowest BCUT2D eigenvalue weighted by Crippen LogP contribution is -2.40. The highest BCUT2D eigenvalue weighted by atomic mass is 35.5. The minimum Gasteiger partial charge on any atom is -0.454 e. The Morgan fingerprint density at radius 2 is 1.89 bits per heavy atom. The van der Waals surface area contributed by atoms with Gasteiger partial charge in [0.05, 0.1) is 0 Å². The van der Waals surface area contributed by atoms with E-state index in [2.05, 4.69) is 16.4 Å². The first-order chi connectivity index (χ1) is 13.7. The number of fused-ring (bicyclic) bond motifs is 2. The molecule has 0 unspecified atom stereocenters. The molecule has 1 aromatic heterocycles. The van der Waals surface area contributed by atoms with E-state index in [1.807, 2.05) is 35.2 Å². The summed E-state index contributed by atoms with van der Waals surface area (Å²) in [6.07, 6.45) is 1.85. The quantitative estimate of drug-likeness (QED) is 0.642. The van der Waals surface area contributed by atoms with Gasteiger partial charge in [-0.15, -0.1) is 0 Å². The van der Waals surface area contributed by atoms with Gasteiger partial charge in [0.15, 0.2) is 11.5 Å². The number of hydrogen-bond donors (Lipinski definition) is 2. The van der Waals surface area contributed by atoms with Crippen molar-refractivity contribution in [2.24, 2.45) is 0 Å². The van der Waals surface area contributed by atoms with Crippen LogP contribution in [0.25, 0.3) is 10.9 Å². The summed E-state index contributed by atoms with van der Waals surface area (Å²) in [5, 5.41) is 4.83. The predicted molar refractivity (Wildman–Crippen MR) is 108 cm³/mol. The molecule has 2 N–H and O–H groups in total. The highest BCUT2D eigenvalue weighted by molar-refractivity contribution is 6.31. The number of H-pyrrole nitrogens is 1. The van der Waals surface area contributed by atoms with Gasteiger partial charge in [0.25, 0.3) is 0 Å². The van der Waals surface area contributed by atoms with Crippen LogP contribution in [0, 0.1) is 0 Å². The topological polar surface area (TPSA) is 66.6 Å². The maximum absolute atomic E-state index is 12.6. The Morgan fingerprint density at radius 3 is 2.75 bits per heavy atom. The number of benzene rings is 2. The first kappa shape index (κ1) is 17.3. The van der Waals surface area contributed by atoms with Crippen molar-refractivity contribution in [2.45, 2.75) is 18.8 Å². The summed E-state index contributed by atoms with van der Waals surface area (Å²) in [4.78, 5) is 18.0. The van der Waals surface area contributed by atoms with Crippen LogP contribution in [0.5, 0.6) is 11.5 Å². The van der Waals surface area contributed by atoms with Crippen LogP contribution in [-0.4, -0.2) is 35.8 Å². The molecule has 2 aliphatic heterocycles. The Labute approximate surface area is 167 Å². The van der Waals surface area contributed by atoms with E-state index in [-0.39, 0.29) is 12.8 Å². The molecule has 0 spiro atoms. The molecule has 1 fully saturated rings. The summed E-state index contributed by atoms with van der Waals surface area (Å²) in [5.41, 5.74) is 3.03. The van der Waals surface area contributed by atoms with Crippen LogP contribution in [-0.2, 0) is 0 Å². The summed E-state index contributed by atoms with van der Waals surface area (Å²) < 4.78 is 10.7. The van der Waals surface area contributed by atoms with E-state index in [0.29, 0.717) is 23.1 Å². The van der Waals surface area contributed by atoms with Crippen molar-refractivity contribution < 1.29 is 14.3 Å². The number of anilines is 1. The van der Waals surface area contributed by atoms with Crippen LogP contribution in [0.15, 0.2) is 42.5 Å². The third-order valence-corrected chi connectivity index (χ3v) is 5.68. The first-order valence-electron chi connectivity index (χ1n) is 9.39. The molecule has 0 atom stereocenters. The molecule has 7 heteroatoms. The van der Waals surface area contributed by atoms with Gasteiger partial charge in [0.2, 0.25) is 6.79 Å². The van der Waals surface area contributed by atoms with Crippen LogP contribution < -0.4 is 14.8 Å². The fourth-order valence-electron chi connectivity index (χ4n) is 3.92. The van der Waals surface area contributed by atoms with Gasteiger partial charge in [-0.1, -0.05) is 11.6 Å². The van der Waals surface area contributed by atoms with E-state index in [9.17, 15) is 4.79 Å². The monoisotopic (exact) mass is 397 g/mol. The molecular formula is C21H20ClN3O3. The van der Waals surface area contributed by atoms with Crippen LogP contribution in [0.4, 0.5) is 10.5 Å². The average Bonchev–Trinajstić information content (AvgIpc) is 3.34. The Morgan fingerprint density at radius 1 is 1.07 bits per heavy atom. The number of carbonyl (C=O) groups is 1. The minimum atomic E-state index is -0.0826. The van der Waals surface area contributed by atoms with Crippen molar-refractivity contribution >= 4 is 34.2 Å². The maximum Gasteiger partial charge on any atom is 0.321 e. The minimum absolute atomic E-state index is 0.0826. The Bertz CT molecular complexity index is 1040. The third kappa shape index (κ3) is 3.24. The lowest BCUT2D eigenvalue weighted by atomic mass is 9.94. The number of amides is 2. The van der Waals surface area contributed by atoms with Crippen molar-refractivity contribution in [1.29, 1.82) is 0 Å². The van der Waals surface area contributed by atoms with Crippen LogP contribution in [0.1, 0.15) is 24.5 Å². The smallest absolute Gasteiger partial charge is 0.321 e. The number of nitrogens with zero attached hydrogens (tertiary/aromatic N) is 1. The number of aromatic amines is 1. The number of carbonyl (C=O) groups excluding carboxylic acids is 1. The van der Waals surface area contributed by atoms with Crippen molar-refractivity contribution in [2.75, 3.05) is 25.2 Å². The van der Waals surface area contributed by atoms with Gasteiger partial charge in [-0.3, -0.25) is 0 Å². The lowest BCUT2D eigenvalue weighted by molar-refractivity contribution is 0.174. The molecule has 5 rings (SSSR count). The molecule has 144 valence electrons. The van der Waals surface area contributed by atoms with E-state index in [1.54, 1.807) is 6.07 Å². The molecule has 3 aromatic rings. The maximum atomic E-state index is 12.6. The van der Waals surface area contributed by atoms with Crippen LogP contribution in [0.2, 0.25) is 5.02 Å². The number of hydrogen-bond acceptors (Lipinski definition) is 3. The zero-order chi connectivity index (χ0) is 19.1. The standard InChI is InChI=1S/C21H20ClN3O3/c22-15-1-3-17-14(9-15)10-18(24-17)13-5-7-25(8-6-13)21(26)23-16-2-4-19-20(11-16)28-12-27-19/h1-4,9-11,13,24H,5-8,12H2,(H,23,26). The summed E-state index contributed by atoms with van der Waals surface area (Å²) in [5.74, 6) is 1.79. The van der Waals surface area contributed by atoms with E-state index in [0.717, 1.165) is 41.9 Å². The van der Waals surface area contributed by atoms with Crippen LogP contribution >= 0.6 is 11.6 Å². The summed E-state index contributed by atoms with van der Waals surface area (Å²) >= 11 is 6.09.